The number of allylic oxidation sites excluding steroid dienone is 1. The molecule has 0 unspecified atom stereocenters. The summed E-state index contributed by atoms with van der Waals surface area (Å²) < 4.78 is 39.0. The van der Waals surface area contributed by atoms with Crippen LogP contribution < -0.4 is 5.43 Å². The number of hydrogen-bond donors (Lipinski definition) is 1. The summed E-state index contributed by atoms with van der Waals surface area (Å²) in [5, 5.41) is 3.95. The van der Waals surface area contributed by atoms with Crippen LogP contribution in [-0.4, -0.2) is 13.5 Å². The van der Waals surface area contributed by atoms with E-state index in [1.54, 1.807) is 6.21 Å². The van der Waals surface area contributed by atoms with Crippen molar-refractivity contribution in [3.63, 3.8) is 0 Å². The van der Waals surface area contributed by atoms with Crippen molar-refractivity contribution >= 4 is 25.2 Å². The molecule has 0 saturated heterocycles. The third-order valence-corrected chi connectivity index (χ3v) is 1.58. The van der Waals surface area contributed by atoms with Crippen LogP contribution in [0.2, 0.25) is 0 Å². The first kappa shape index (κ1) is 12.3. The van der Waals surface area contributed by atoms with Crippen molar-refractivity contribution in [2.75, 3.05) is 5.43 Å². The van der Waals surface area contributed by atoms with E-state index in [1.807, 2.05) is 36.4 Å². The summed E-state index contributed by atoms with van der Waals surface area (Å²) in [6.45, 7) is 0. The first-order chi connectivity index (χ1) is 7.47. The number of para-hydroxylation sites is 1. The van der Waals surface area contributed by atoms with Gasteiger partial charge in [0.25, 0.3) is 0 Å². The Morgan fingerprint density at radius 3 is 2.38 bits per heavy atom. The van der Waals surface area contributed by atoms with Gasteiger partial charge in [-0.25, -0.2) is 0 Å². The molecule has 0 fully saturated rings. The van der Waals surface area contributed by atoms with E-state index in [-0.39, 0.29) is 0 Å². The number of hydrogen-bond acceptors (Lipinski definition) is 2. The number of rotatable bonds is 0. The van der Waals surface area contributed by atoms with E-state index in [4.69, 9.17) is 0 Å². The lowest BCUT2D eigenvalue weighted by Gasteiger charge is -2.00. The maximum atomic E-state index is 9.75. The number of halogens is 4. The summed E-state index contributed by atoms with van der Waals surface area (Å²) in [5.41, 5.74) is 5.16. The summed E-state index contributed by atoms with van der Waals surface area (Å²) in [4.78, 5) is 0. The van der Waals surface area contributed by atoms with Gasteiger partial charge in [-0.05, 0) is 17.7 Å². The van der Waals surface area contributed by atoms with Gasteiger partial charge in [0.2, 0.25) is 0 Å². The van der Waals surface area contributed by atoms with Crippen molar-refractivity contribution in [3.05, 3.63) is 35.9 Å². The molecule has 1 aromatic carbocycles. The molecule has 0 bridgehead atoms. The van der Waals surface area contributed by atoms with E-state index in [9.17, 15) is 17.3 Å². The van der Waals surface area contributed by atoms with E-state index in [2.05, 4.69) is 10.5 Å². The molecule has 1 heterocycles. The van der Waals surface area contributed by atoms with Gasteiger partial charge in [0.05, 0.1) is 5.69 Å². The predicted octanol–water partition coefficient (Wildman–Crippen LogP) is 3.41. The Kier molecular flexibility index (Phi) is 4.10. The lowest BCUT2D eigenvalue weighted by atomic mass is 10.2. The second-order valence-corrected chi connectivity index (χ2v) is 2.83. The van der Waals surface area contributed by atoms with Crippen LogP contribution in [0.5, 0.6) is 0 Å². The predicted molar refractivity (Wildman–Crippen MR) is 57.8 cm³/mol. The minimum atomic E-state index is -6.00. The summed E-state index contributed by atoms with van der Waals surface area (Å²) in [5.74, 6) is 0. The Bertz CT molecular complexity index is 395. The van der Waals surface area contributed by atoms with Gasteiger partial charge in [0.1, 0.15) is 0 Å². The zero-order valence-corrected chi connectivity index (χ0v) is 8.08. The summed E-state index contributed by atoms with van der Waals surface area (Å²) in [6.07, 6.45) is 5.68. The van der Waals surface area contributed by atoms with E-state index in [1.165, 1.54) is 5.56 Å². The summed E-state index contributed by atoms with van der Waals surface area (Å²) in [6, 6.07) is 8.05. The SMILES string of the molecule is C1=Cc2ccccc2NN=C1.F[B-](F)(F)F. The van der Waals surface area contributed by atoms with Gasteiger partial charge < -0.3 is 17.3 Å². The van der Waals surface area contributed by atoms with E-state index in [0.29, 0.717) is 0 Å². The molecule has 86 valence electrons. The van der Waals surface area contributed by atoms with Crippen LogP contribution in [0.15, 0.2) is 35.4 Å². The maximum Gasteiger partial charge on any atom is 0.673 e. The van der Waals surface area contributed by atoms with Gasteiger partial charge in [-0.1, -0.05) is 24.3 Å². The van der Waals surface area contributed by atoms with Crippen LogP contribution in [-0.2, 0) is 0 Å². The average molecular weight is 231 g/mol. The van der Waals surface area contributed by atoms with E-state index in [0.717, 1.165) is 5.69 Å². The fourth-order valence-electron chi connectivity index (χ4n) is 1.04. The van der Waals surface area contributed by atoms with Crippen LogP contribution in [0.25, 0.3) is 6.08 Å². The zero-order valence-electron chi connectivity index (χ0n) is 8.08. The smallest absolute Gasteiger partial charge is 0.418 e. The number of fused-ring (bicyclic) bond motifs is 1. The molecule has 0 amide bonds. The minimum absolute atomic E-state index is 1.05. The number of benzene rings is 1. The molecule has 0 saturated carbocycles. The van der Waals surface area contributed by atoms with Crippen LogP contribution in [0, 0.1) is 0 Å². The molecule has 0 atom stereocenters. The van der Waals surface area contributed by atoms with Crippen molar-refractivity contribution in [3.8, 4) is 0 Å². The van der Waals surface area contributed by atoms with Gasteiger partial charge in [-0.15, -0.1) is 0 Å². The second kappa shape index (κ2) is 5.34. The molecular formula is C9H8BF4N2-. The van der Waals surface area contributed by atoms with Crippen molar-refractivity contribution in [1.82, 2.24) is 0 Å². The second-order valence-electron chi connectivity index (χ2n) is 2.83. The highest BCUT2D eigenvalue weighted by atomic mass is 19.5. The maximum absolute atomic E-state index is 9.75. The lowest BCUT2D eigenvalue weighted by molar-refractivity contribution is 0.368. The van der Waals surface area contributed by atoms with Crippen LogP contribution in [0.4, 0.5) is 23.0 Å². The van der Waals surface area contributed by atoms with Crippen LogP contribution in [0.1, 0.15) is 5.56 Å². The lowest BCUT2D eigenvalue weighted by Crippen LogP contribution is -2.02. The molecule has 1 aliphatic rings. The van der Waals surface area contributed by atoms with Gasteiger partial charge in [0, 0.05) is 6.21 Å². The number of nitrogens with one attached hydrogen (secondary N) is 1. The van der Waals surface area contributed by atoms with E-state index >= 15 is 0 Å². The van der Waals surface area contributed by atoms with Gasteiger partial charge in [0.15, 0.2) is 0 Å². The molecule has 0 radical (unpaired) electrons. The number of hydrazone groups is 1. The fourth-order valence-corrected chi connectivity index (χ4v) is 1.04. The Morgan fingerprint density at radius 2 is 1.69 bits per heavy atom. The summed E-state index contributed by atoms with van der Waals surface area (Å²) >= 11 is 0. The Balaban J connectivity index is 0.000000221. The van der Waals surface area contributed by atoms with Crippen LogP contribution >= 0.6 is 0 Å². The molecule has 7 heteroatoms. The Labute approximate surface area is 89.8 Å². The van der Waals surface area contributed by atoms with Gasteiger partial charge in [-0.3, -0.25) is 5.43 Å². The van der Waals surface area contributed by atoms with E-state index < -0.39 is 7.25 Å². The van der Waals surface area contributed by atoms with Crippen molar-refractivity contribution in [2.24, 2.45) is 5.10 Å². The normalized spacial score (nSPS) is 13.0. The first-order valence-electron chi connectivity index (χ1n) is 4.39. The monoisotopic (exact) mass is 231 g/mol. The standard InChI is InChI=1S/C9H8N2.BF4/c1-2-6-9-8(4-1)5-3-7-10-11-9;2-1(3,4)5/h1-7,11H;/q;-1. The molecule has 0 spiro atoms. The average Bonchev–Trinajstić information content (AvgIpc) is 2.39. The molecular weight excluding hydrogens is 223 g/mol. The fraction of sp³-hybridized carbons (Fsp3) is 0. The molecule has 2 rings (SSSR count). The Hall–Kier alpha value is -1.79. The topological polar surface area (TPSA) is 24.4 Å². The van der Waals surface area contributed by atoms with Crippen LogP contribution in [0.3, 0.4) is 0 Å². The quantitative estimate of drug-likeness (QED) is 0.536. The first-order valence-corrected chi connectivity index (χ1v) is 4.39. The Morgan fingerprint density at radius 1 is 1.06 bits per heavy atom. The van der Waals surface area contributed by atoms with Crippen molar-refractivity contribution in [1.29, 1.82) is 0 Å². The zero-order chi connectivity index (χ0) is 12.0. The molecule has 16 heavy (non-hydrogen) atoms. The minimum Gasteiger partial charge on any atom is -0.418 e. The summed E-state index contributed by atoms with van der Waals surface area (Å²) in [7, 11) is -6.00. The highest BCUT2D eigenvalue weighted by Crippen LogP contribution is 2.17. The van der Waals surface area contributed by atoms with Crippen molar-refractivity contribution < 1.29 is 17.3 Å². The largest absolute Gasteiger partial charge is 0.673 e. The third kappa shape index (κ3) is 5.18. The number of anilines is 1. The molecule has 0 aromatic heterocycles. The van der Waals surface area contributed by atoms with Crippen molar-refractivity contribution in [2.45, 2.75) is 0 Å². The highest BCUT2D eigenvalue weighted by molar-refractivity contribution is 6.50. The highest BCUT2D eigenvalue weighted by Gasteiger charge is 2.20. The third-order valence-electron chi connectivity index (χ3n) is 1.58. The van der Waals surface area contributed by atoms with Gasteiger partial charge >= 0.3 is 7.25 Å². The molecule has 1 N–H and O–H groups in total. The van der Waals surface area contributed by atoms with Gasteiger partial charge in [-0.2, -0.15) is 5.10 Å². The molecule has 1 aromatic rings. The molecule has 2 nitrogen and oxygen atoms in total. The number of nitrogens with zero attached hydrogens (tertiary/aromatic N) is 1. The molecule has 0 aliphatic carbocycles. The molecule has 1 aliphatic heterocycles.